The van der Waals surface area contributed by atoms with E-state index < -0.39 is 33.7 Å². The summed E-state index contributed by atoms with van der Waals surface area (Å²) < 4.78 is 80.3. The van der Waals surface area contributed by atoms with E-state index in [4.69, 9.17) is 0 Å². The maximum absolute atomic E-state index is 14.0. The molecule has 0 amide bonds. The van der Waals surface area contributed by atoms with Gasteiger partial charge in [-0.3, -0.25) is 0 Å². The molecular weight excluding hydrogens is 354 g/mol. The first-order valence-electron chi connectivity index (χ1n) is 6.40. The Kier molecular flexibility index (Phi) is 5.04. The van der Waals surface area contributed by atoms with Crippen molar-refractivity contribution in [3.8, 4) is 11.4 Å². The molecule has 0 aliphatic heterocycles. The summed E-state index contributed by atoms with van der Waals surface area (Å²) in [5.41, 5.74) is -0.0321. The zero-order chi connectivity index (χ0) is 18.0. The van der Waals surface area contributed by atoms with Gasteiger partial charge in [0.1, 0.15) is 5.82 Å². The number of halogens is 4. The second-order valence-corrected chi connectivity index (χ2v) is 6.47. The van der Waals surface area contributed by atoms with Crippen molar-refractivity contribution in [1.29, 1.82) is 0 Å². The first kappa shape index (κ1) is 18.1. The van der Waals surface area contributed by atoms with Crippen LogP contribution in [0.5, 0.6) is 0 Å². The topological polar surface area (TPSA) is 85.1 Å². The minimum atomic E-state index is -4.80. The maximum atomic E-state index is 14.0. The number of aromatic nitrogens is 2. The second kappa shape index (κ2) is 6.69. The lowest BCUT2D eigenvalue weighted by molar-refractivity contribution is -0.159. The van der Waals surface area contributed by atoms with E-state index in [1.54, 1.807) is 0 Å². The first-order valence-corrected chi connectivity index (χ1v) is 8.05. The Morgan fingerprint density at radius 2 is 2.04 bits per heavy atom. The van der Waals surface area contributed by atoms with Crippen molar-refractivity contribution in [3.05, 3.63) is 48.1 Å². The van der Waals surface area contributed by atoms with Crippen molar-refractivity contribution < 1.29 is 30.5 Å². The summed E-state index contributed by atoms with van der Waals surface area (Å²) in [6, 6.07) is 3.36. The van der Waals surface area contributed by atoms with Crippen molar-refractivity contribution in [2.75, 3.05) is 5.75 Å². The van der Waals surface area contributed by atoms with E-state index in [1.807, 2.05) is 0 Å². The SMILES string of the molecule is C=CCS(=O)(=O)NCc1ccc(-c2noc(C(F)(F)F)n2)cc1F. The average Bonchev–Trinajstić information content (AvgIpc) is 2.95. The van der Waals surface area contributed by atoms with Crippen LogP contribution in [-0.4, -0.2) is 24.3 Å². The highest BCUT2D eigenvalue weighted by Crippen LogP contribution is 2.29. The molecule has 1 aromatic carbocycles. The number of hydrogen-bond donors (Lipinski definition) is 1. The summed E-state index contributed by atoms with van der Waals surface area (Å²) in [5.74, 6) is -3.12. The quantitative estimate of drug-likeness (QED) is 0.628. The van der Waals surface area contributed by atoms with Crippen LogP contribution in [0, 0.1) is 5.82 Å². The third-order valence-electron chi connectivity index (χ3n) is 2.80. The van der Waals surface area contributed by atoms with E-state index in [9.17, 15) is 26.0 Å². The molecule has 1 N–H and O–H groups in total. The van der Waals surface area contributed by atoms with Crippen LogP contribution in [0.1, 0.15) is 11.5 Å². The van der Waals surface area contributed by atoms with E-state index in [0.717, 1.165) is 6.07 Å². The molecule has 6 nitrogen and oxygen atoms in total. The van der Waals surface area contributed by atoms with Gasteiger partial charge in [-0.25, -0.2) is 17.5 Å². The zero-order valence-corrected chi connectivity index (χ0v) is 12.8. The molecule has 0 unspecified atom stereocenters. The molecule has 0 radical (unpaired) electrons. The Morgan fingerprint density at radius 1 is 1.33 bits per heavy atom. The highest BCUT2D eigenvalue weighted by Gasteiger charge is 2.38. The molecule has 130 valence electrons. The number of nitrogens with one attached hydrogen (secondary N) is 1. The van der Waals surface area contributed by atoms with Gasteiger partial charge in [0.2, 0.25) is 15.8 Å². The summed E-state index contributed by atoms with van der Waals surface area (Å²) in [5, 5.41) is 3.14. The molecule has 11 heteroatoms. The molecule has 2 rings (SSSR count). The Hall–Kier alpha value is -2.27. The molecule has 0 fully saturated rings. The highest BCUT2D eigenvalue weighted by molar-refractivity contribution is 7.89. The van der Waals surface area contributed by atoms with Crippen LogP contribution in [0.3, 0.4) is 0 Å². The molecule has 1 aromatic heterocycles. The van der Waals surface area contributed by atoms with Crippen molar-refractivity contribution in [3.63, 3.8) is 0 Å². The van der Waals surface area contributed by atoms with Gasteiger partial charge in [0, 0.05) is 17.7 Å². The van der Waals surface area contributed by atoms with Crippen LogP contribution >= 0.6 is 0 Å². The number of benzene rings is 1. The van der Waals surface area contributed by atoms with Gasteiger partial charge >= 0.3 is 12.1 Å². The van der Waals surface area contributed by atoms with Gasteiger partial charge < -0.3 is 4.52 Å². The van der Waals surface area contributed by atoms with Crippen LogP contribution in [0.25, 0.3) is 11.4 Å². The molecule has 24 heavy (non-hydrogen) atoms. The lowest BCUT2D eigenvalue weighted by atomic mass is 10.1. The summed E-state index contributed by atoms with van der Waals surface area (Å²) in [6.07, 6.45) is -3.62. The predicted octanol–water partition coefficient (Wildman–Crippen LogP) is 2.50. The largest absolute Gasteiger partial charge is 0.471 e. The predicted molar refractivity (Wildman–Crippen MR) is 75.5 cm³/mol. The summed E-state index contributed by atoms with van der Waals surface area (Å²) in [6.45, 7) is 2.97. The van der Waals surface area contributed by atoms with E-state index in [1.165, 1.54) is 18.2 Å². The zero-order valence-electron chi connectivity index (χ0n) is 12.0. The minimum absolute atomic E-state index is 0.00549. The van der Waals surface area contributed by atoms with Crippen LogP contribution in [0.4, 0.5) is 17.6 Å². The fourth-order valence-electron chi connectivity index (χ4n) is 1.69. The third-order valence-corrected chi connectivity index (χ3v) is 4.06. The van der Waals surface area contributed by atoms with Gasteiger partial charge in [0.05, 0.1) is 5.75 Å². The fourth-order valence-corrected chi connectivity index (χ4v) is 2.49. The fraction of sp³-hybridized carbons (Fsp3) is 0.231. The molecule has 0 saturated heterocycles. The van der Waals surface area contributed by atoms with E-state index in [0.29, 0.717) is 0 Å². The van der Waals surface area contributed by atoms with Gasteiger partial charge in [0.15, 0.2) is 0 Å². The second-order valence-electron chi connectivity index (χ2n) is 4.62. The van der Waals surface area contributed by atoms with Gasteiger partial charge in [-0.05, 0) is 6.07 Å². The summed E-state index contributed by atoms with van der Waals surface area (Å²) in [7, 11) is -3.62. The molecule has 0 saturated carbocycles. The van der Waals surface area contributed by atoms with Gasteiger partial charge in [0.25, 0.3) is 0 Å². The number of alkyl halides is 3. The van der Waals surface area contributed by atoms with Gasteiger partial charge in [-0.15, -0.1) is 6.58 Å². The number of rotatable bonds is 6. The molecule has 0 bridgehead atoms. The van der Waals surface area contributed by atoms with Gasteiger partial charge in [-0.2, -0.15) is 18.2 Å². The smallest absolute Gasteiger partial charge is 0.329 e. The molecular formula is C13H11F4N3O3S. The lowest BCUT2D eigenvalue weighted by Gasteiger charge is -2.06. The average molecular weight is 365 g/mol. The van der Waals surface area contributed by atoms with E-state index >= 15 is 0 Å². The third kappa shape index (κ3) is 4.38. The van der Waals surface area contributed by atoms with E-state index in [2.05, 4.69) is 26.0 Å². The normalized spacial score (nSPS) is 12.3. The number of sulfonamides is 1. The molecule has 2 aromatic rings. The summed E-state index contributed by atoms with van der Waals surface area (Å²) in [4.78, 5) is 3.14. The van der Waals surface area contributed by atoms with Crippen LogP contribution in [0.15, 0.2) is 35.4 Å². The van der Waals surface area contributed by atoms with Crippen LogP contribution in [-0.2, 0) is 22.7 Å². The Bertz CT molecular complexity index is 846. The number of nitrogens with zero attached hydrogens (tertiary/aromatic N) is 2. The van der Waals surface area contributed by atoms with E-state index in [-0.39, 0.29) is 23.4 Å². The minimum Gasteiger partial charge on any atom is -0.329 e. The maximum Gasteiger partial charge on any atom is 0.471 e. The van der Waals surface area contributed by atoms with Crippen molar-refractivity contribution in [1.82, 2.24) is 14.9 Å². The molecule has 0 aliphatic rings. The van der Waals surface area contributed by atoms with Crippen LogP contribution < -0.4 is 4.72 Å². The lowest BCUT2D eigenvalue weighted by Crippen LogP contribution is -2.25. The number of hydrogen-bond acceptors (Lipinski definition) is 5. The Morgan fingerprint density at radius 3 is 2.58 bits per heavy atom. The van der Waals surface area contributed by atoms with Crippen LogP contribution in [0.2, 0.25) is 0 Å². The molecule has 1 heterocycles. The molecule has 0 aliphatic carbocycles. The van der Waals surface area contributed by atoms with Crippen molar-refractivity contribution in [2.45, 2.75) is 12.7 Å². The molecule has 0 spiro atoms. The van der Waals surface area contributed by atoms with Crippen molar-refractivity contribution >= 4 is 10.0 Å². The Balaban J connectivity index is 2.18. The standard InChI is InChI=1S/C13H11F4N3O3S/c1-2-5-24(21,22)18-7-9-4-3-8(6-10(9)14)11-19-12(23-20-11)13(15,16)17/h2-4,6,18H,1,5,7H2. The Labute approximate surface area is 134 Å². The molecule has 0 atom stereocenters. The summed E-state index contributed by atoms with van der Waals surface area (Å²) >= 11 is 0. The monoisotopic (exact) mass is 365 g/mol. The first-order chi connectivity index (χ1) is 11.1. The highest BCUT2D eigenvalue weighted by atomic mass is 32.2. The van der Waals surface area contributed by atoms with Crippen molar-refractivity contribution in [2.24, 2.45) is 0 Å². The van der Waals surface area contributed by atoms with Gasteiger partial charge in [-0.1, -0.05) is 23.4 Å².